The predicted molar refractivity (Wildman–Crippen MR) is 132 cm³/mol. The molecule has 0 bridgehead atoms. The van der Waals surface area contributed by atoms with Gasteiger partial charge >= 0.3 is 0 Å². The molecule has 2 heteroatoms. The lowest BCUT2D eigenvalue weighted by Crippen LogP contribution is -2.33. The van der Waals surface area contributed by atoms with Crippen LogP contribution in [0, 0.1) is 55.4 Å². The van der Waals surface area contributed by atoms with Gasteiger partial charge in [-0.15, -0.1) is 0 Å². The van der Waals surface area contributed by atoms with Gasteiger partial charge in [0, 0.05) is 0 Å². The molecule has 30 heavy (non-hydrogen) atoms. The molecule has 0 amide bonds. The van der Waals surface area contributed by atoms with Crippen LogP contribution < -0.4 is 9.47 Å². The fourth-order valence-corrected chi connectivity index (χ4v) is 4.03. The average molecular weight is 413 g/mol. The van der Waals surface area contributed by atoms with Gasteiger partial charge in [0.05, 0.1) is 6.61 Å². The van der Waals surface area contributed by atoms with Crippen LogP contribution in [0.3, 0.4) is 0 Å². The first-order valence-electron chi connectivity index (χ1n) is 10.9. The lowest BCUT2D eigenvalue weighted by atomic mass is 9.86. The molecule has 0 atom stereocenters. The van der Waals surface area contributed by atoms with Crippen LogP contribution in [0.4, 0.5) is 0 Å². The average Bonchev–Trinajstić information content (AvgIpc) is 2.67. The molecule has 2 aromatic carbocycles. The van der Waals surface area contributed by atoms with Crippen LogP contribution in [0.25, 0.3) is 0 Å². The second-order valence-corrected chi connectivity index (χ2v) is 9.17. The Bertz CT molecular complexity index is 904. The van der Waals surface area contributed by atoms with Crippen molar-refractivity contribution in [2.45, 2.75) is 102 Å². The fraction of sp³-hybridized carbons (Fsp3) is 0.571. The second kappa shape index (κ2) is 9.90. The van der Waals surface area contributed by atoms with Gasteiger partial charge in [0.15, 0.2) is 0 Å². The third-order valence-corrected chi connectivity index (χ3v) is 6.84. The number of rotatable bonds is 2. The Morgan fingerprint density at radius 1 is 0.800 bits per heavy atom. The van der Waals surface area contributed by atoms with Crippen molar-refractivity contribution in [1.29, 1.82) is 0 Å². The Morgan fingerprint density at radius 3 is 1.90 bits per heavy atom. The van der Waals surface area contributed by atoms with E-state index >= 15 is 0 Å². The molecule has 3 rings (SSSR count). The Balaban J connectivity index is 0.000000297. The Hall–Kier alpha value is -1.96. The molecular weight excluding hydrogens is 368 g/mol. The fourth-order valence-electron chi connectivity index (χ4n) is 4.03. The molecule has 0 spiro atoms. The summed E-state index contributed by atoms with van der Waals surface area (Å²) in [7, 11) is 0. The number of fused-ring (bicyclic) bond motifs is 1. The van der Waals surface area contributed by atoms with Gasteiger partial charge in [-0.2, -0.15) is 0 Å². The minimum absolute atomic E-state index is 0. The van der Waals surface area contributed by atoms with Crippen molar-refractivity contribution in [3.05, 3.63) is 56.1 Å². The molecule has 0 saturated heterocycles. The largest absolute Gasteiger partial charge is 0.494 e. The first-order valence-corrected chi connectivity index (χ1v) is 10.9. The maximum absolute atomic E-state index is 6.17. The minimum Gasteiger partial charge on any atom is -0.494 e. The standard InChI is InChI=1S/C15H22O.C12H18O.CH4/c1-9-10(2)12(4)14-13(11(9)3)7-8-15(5,6)16-14;1-6-13-12-7-8(2)9(3)10(4)11(12)5;/h7-8H2,1-6H3;7H,6H2,1-5H3;1H4. The van der Waals surface area contributed by atoms with Gasteiger partial charge in [-0.3, -0.25) is 0 Å². The van der Waals surface area contributed by atoms with Crippen LogP contribution in [0.15, 0.2) is 6.07 Å². The highest BCUT2D eigenvalue weighted by Crippen LogP contribution is 2.40. The summed E-state index contributed by atoms with van der Waals surface area (Å²) in [6.45, 7) is 24.5. The molecule has 0 aromatic heterocycles. The minimum atomic E-state index is -0.00804. The first kappa shape index (κ1) is 26.1. The Morgan fingerprint density at radius 2 is 1.33 bits per heavy atom. The van der Waals surface area contributed by atoms with E-state index in [1.54, 1.807) is 0 Å². The van der Waals surface area contributed by atoms with Gasteiger partial charge in [0.1, 0.15) is 17.1 Å². The van der Waals surface area contributed by atoms with Crippen molar-refractivity contribution in [3.63, 3.8) is 0 Å². The summed E-state index contributed by atoms with van der Waals surface area (Å²) in [6.07, 6.45) is 2.26. The molecule has 1 aliphatic rings. The Kier molecular flexibility index (Phi) is 8.60. The smallest absolute Gasteiger partial charge is 0.126 e. The van der Waals surface area contributed by atoms with Gasteiger partial charge in [-0.05, 0) is 145 Å². The Labute approximate surface area is 186 Å². The summed E-state index contributed by atoms with van der Waals surface area (Å²) >= 11 is 0. The quantitative estimate of drug-likeness (QED) is 0.498. The maximum atomic E-state index is 6.17. The molecule has 0 radical (unpaired) electrons. The van der Waals surface area contributed by atoms with E-state index in [4.69, 9.17) is 9.47 Å². The molecule has 0 unspecified atom stereocenters. The molecule has 0 aliphatic carbocycles. The second-order valence-electron chi connectivity index (χ2n) is 9.17. The molecule has 0 fully saturated rings. The van der Waals surface area contributed by atoms with Crippen LogP contribution in [0.2, 0.25) is 0 Å². The normalized spacial score (nSPS) is 14.0. The SMILES string of the molecule is C.CCOc1cc(C)c(C)c(C)c1C.Cc1c(C)c(C)c2c(c1C)CCC(C)(C)O2. The molecule has 2 nitrogen and oxygen atoms in total. The van der Waals surface area contributed by atoms with E-state index in [-0.39, 0.29) is 13.0 Å². The zero-order valence-electron chi connectivity index (χ0n) is 20.5. The first-order chi connectivity index (χ1) is 13.4. The van der Waals surface area contributed by atoms with Crippen molar-refractivity contribution in [2.75, 3.05) is 6.61 Å². The maximum Gasteiger partial charge on any atom is 0.126 e. The van der Waals surface area contributed by atoms with Crippen molar-refractivity contribution in [1.82, 2.24) is 0 Å². The third-order valence-electron chi connectivity index (χ3n) is 6.84. The van der Waals surface area contributed by atoms with E-state index < -0.39 is 0 Å². The van der Waals surface area contributed by atoms with Gasteiger partial charge in [0.2, 0.25) is 0 Å². The zero-order chi connectivity index (χ0) is 22.1. The van der Waals surface area contributed by atoms with E-state index in [1.807, 2.05) is 6.92 Å². The number of hydrogen-bond acceptors (Lipinski definition) is 2. The van der Waals surface area contributed by atoms with E-state index in [0.29, 0.717) is 0 Å². The highest BCUT2D eigenvalue weighted by atomic mass is 16.5. The van der Waals surface area contributed by atoms with Crippen molar-refractivity contribution >= 4 is 0 Å². The lowest BCUT2D eigenvalue weighted by molar-refractivity contribution is 0.0833. The third kappa shape index (κ3) is 5.20. The van der Waals surface area contributed by atoms with Gasteiger partial charge < -0.3 is 9.47 Å². The molecule has 2 aromatic rings. The topological polar surface area (TPSA) is 18.5 Å². The van der Waals surface area contributed by atoms with Gasteiger partial charge in [0.25, 0.3) is 0 Å². The summed E-state index contributed by atoms with van der Waals surface area (Å²) in [5.41, 5.74) is 12.3. The summed E-state index contributed by atoms with van der Waals surface area (Å²) in [6, 6.07) is 2.13. The van der Waals surface area contributed by atoms with Crippen molar-refractivity contribution < 1.29 is 9.47 Å². The van der Waals surface area contributed by atoms with E-state index in [9.17, 15) is 0 Å². The van der Waals surface area contributed by atoms with Crippen molar-refractivity contribution in [3.8, 4) is 11.5 Å². The van der Waals surface area contributed by atoms with Crippen LogP contribution in [-0.4, -0.2) is 12.2 Å². The zero-order valence-corrected chi connectivity index (χ0v) is 20.5. The van der Waals surface area contributed by atoms with Gasteiger partial charge in [-0.1, -0.05) is 7.43 Å². The van der Waals surface area contributed by atoms with Gasteiger partial charge in [-0.25, -0.2) is 0 Å². The molecule has 1 heterocycles. The highest BCUT2D eigenvalue weighted by molar-refractivity contribution is 5.55. The van der Waals surface area contributed by atoms with E-state index in [2.05, 4.69) is 75.3 Å². The van der Waals surface area contributed by atoms with Crippen molar-refractivity contribution in [2.24, 2.45) is 0 Å². The highest BCUT2D eigenvalue weighted by Gasteiger charge is 2.29. The van der Waals surface area contributed by atoms with Crippen LogP contribution >= 0.6 is 0 Å². The molecule has 1 aliphatic heterocycles. The summed E-state index contributed by atoms with van der Waals surface area (Å²) in [4.78, 5) is 0. The molecule has 0 N–H and O–H groups in total. The number of hydrogen-bond donors (Lipinski definition) is 0. The number of ether oxygens (including phenoxy) is 2. The summed E-state index contributed by atoms with van der Waals surface area (Å²) < 4.78 is 11.7. The number of benzene rings is 2. The molecular formula is C28H44O2. The lowest BCUT2D eigenvalue weighted by Gasteiger charge is -2.35. The monoisotopic (exact) mass is 412 g/mol. The van der Waals surface area contributed by atoms with Crippen LogP contribution in [0.1, 0.15) is 84.7 Å². The summed E-state index contributed by atoms with van der Waals surface area (Å²) in [5, 5.41) is 0. The molecule has 168 valence electrons. The number of aryl methyl sites for hydroxylation is 1. The summed E-state index contributed by atoms with van der Waals surface area (Å²) in [5.74, 6) is 2.18. The van der Waals surface area contributed by atoms with Crippen LogP contribution in [-0.2, 0) is 6.42 Å². The van der Waals surface area contributed by atoms with E-state index in [0.717, 1.165) is 30.9 Å². The molecule has 0 saturated carbocycles. The van der Waals surface area contributed by atoms with E-state index in [1.165, 1.54) is 50.1 Å². The predicted octanol–water partition coefficient (Wildman–Crippen LogP) is 7.98. The van der Waals surface area contributed by atoms with Crippen LogP contribution in [0.5, 0.6) is 11.5 Å².